The van der Waals surface area contributed by atoms with E-state index in [4.69, 9.17) is 16.7 Å². The first-order valence-electron chi connectivity index (χ1n) is 6.34. The van der Waals surface area contributed by atoms with Crippen LogP contribution in [-0.4, -0.2) is 48.7 Å². The molecule has 1 fully saturated rings. The van der Waals surface area contributed by atoms with Gasteiger partial charge in [0.15, 0.2) is 0 Å². The molecule has 0 saturated carbocycles. The van der Waals surface area contributed by atoms with Crippen LogP contribution >= 0.6 is 39.9 Å². The molecular formula is C13H17BrCl2F2N2O. The molecule has 0 radical (unpaired) electrons. The van der Waals surface area contributed by atoms with Crippen molar-refractivity contribution in [1.29, 1.82) is 0 Å². The van der Waals surface area contributed by atoms with Gasteiger partial charge < -0.3 is 10.4 Å². The lowest BCUT2D eigenvalue weighted by atomic mass is 9.98. The highest BCUT2D eigenvalue weighted by Gasteiger charge is 2.44. The fourth-order valence-corrected chi connectivity index (χ4v) is 3.09. The number of nitrogens with one attached hydrogen (secondary N) is 1. The Kier molecular flexibility index (Phi) is 7.30. The molecule has 0 bridgehead atoms. The van der Waals surface area contributed by atoms with Gasteiger partial charge in [0.05, 0.1) is 0 Å². The van der Waals surface area contributed by atoms with Crippen molar-refractivity contribution in [3.63, 3.8) is 0 Å². The molecule has 1 aromatic carbocycles. The van der Waals surface area contributed by atoms with Crippen molar-refractivity contribution in [3.05, 3.63) is 33.3 Å². The van der Waals surface area contributed by atoms with E-state index in [0.717, 1.165) is 0 Å². The summed E-state index contributed by atoms with van der Waals surface area (Å²) >= 11 is 9.24. The molecule has 1 saturated heterocycles. The summed E-state index contributed by atoms with van der Waals surface area (Å²) in [6.45, 7) is 1.10. The van der Waals surface area contributed by atoms with Gasteiger partial charge in [0.2, 0.25) is 0 Å². The molecule has 0 aromatic heterocycles. The van der Waals surface area contributed by atoms with Gasteiger partial charge in [-0.15, -0.1) is 12.4 Å². The first-order chi connectivity index (χ1) is 9.45. The Hall–Kier alpha value is 0.0200. The second kappa shape index (κ2) is 8.04. The molecule has 1 aromatic rings. The zero-order chi connectivity index (χ0) is 14.8. The molecule has 8 heteroatoms. The number of hydrogen-bond donors (Lipinski definition) is 2. The highest BCUT2D eigenvalue weighted by Crippen LogP contribution is 2.40. The number of aliphatic hydroxyl groups excluding tert-OH is 1. The van der Waals surface area contributed by atoms with Gasteiger partial charge in [0, 0.05) is 35.7 Å². The maximum Gasteiger partial charge on any atom is 0.289 e. The van der Waals surface area contributed by atoms with Gasteiger partial charge in [0.1, 0.15) is 12.6 Å². The van der Waals surface area contributed by atoms with E-state index in [-0.39, 0.29) is 12.4 Å². The lowest BCUT2D eigenvalue weighted by Gasteiger charge is -2.39. The van der Waals surface area contributed by atoms with Gasteiger partial charge in [-0.05, 0) is 23.8 Å². The topological polar surface area (TPSA) is 35.5 Å². The average Bonchev–Trinajstić information content (AvgIpc) is 2.44. The molecule has 0 aliphatic carbocycles. The van der Waals surface area contributed by atoms with Crippen LogP contribution in [0.2, 0.25) is 5.02 Å². The Morgan fingerprint density at radius 3 is 2.57 bits per heavy atom. The third kappa shape index (κ3) is 4.50. The summed E-state index contributed by atoms with van der Waals surface area (Å²) in [6.07, 6.45) is 0. The third-order valence-corrected chi connectivity index (χ3v) is 4.34. The summed E-state index contributed by atoms with van der Waals surface area (Å²) in [5, 5.41) is 12.6. The standard InChI is InChI=1S/C13H16BrClF2N2O.ClH/c14-11-2-1-9(15)7-10(11)12(13(16,17)8-20)19-5-3-18-4-6-19;/h1-2,7,12,18,20H,3-6,8H2;1H/t12-;/m0./s1. The summed E-state index contributed by atoms with van der Waals surface area (Å²) in [4.78, 5) is 1.68. The third-order valence-electron chi connectivity index (χ3n) is 3.38. The molecule has 120 valence electrons. The zero-order valence-corrected chi connectivity index (χ0v) is 14.3. The predicted octanol–water partition coefficient (Wildman–Crippen LogP) is 3.10. The van der Waals surface area contributed by atoms with Gasteiger partial charge >= 0.3 is 0 Å². The Balaban J connectivity index is 0.00000220. The maximum absolute atomic E-state index is 14.2. The van der Waals surface area contributed by atoms with Gasteiger partial charge in [-0.25, -0.2) is 8.78 Å². The molecule has 1 heterocycles. The Morgan fingerprint density at radius 1 is 1.38 bits per heavy atom. The first kappa shape index (κ1) is 19.1. The number of aliphatic hydroxyl groups is 1. The average molecular weight is 406 g/mol. The number of halogens is 5. The Labute approximate surface area is 142 Å². The number of rotatable bonds is 4. The normalized spacial score (nSPS) is 18.1. The van der Waals surface area contributed by atoms with Crippen molar-refractivity contribution >= 4 is 39.9 Å². The molecule has 2 rings (SSSR count). The number of benzene rings is 1. The molecule has 2 N–H and O–H groups in total. The number of nitrogens with zero attached hydrogens (tertiary/aromatic N) is 1. The summed E-state index contributed by atoms with van der Waals surface area (Å²) in [6, 6.07) is 3.63. The molecule has 21 heavy (non-hydrogen) atoms. The molecule has 0 spiro atoms. The lowest BCUT2D eigenvalue weighted by Crippen LogP contribution is -2.51. The SMILES string of the molecule is Cl.OCC(F)(F)[C@H](c1cc(Cl)ccc1Br)N1CCNCC1. The molecule has 3 nitrogen and oxygen atoms in total. The summed E-state index contributed by atoms with van der Waals surface area (Å²) in [7, 11) is 0. The van der Waals surface area contributed by atoms with Crippen molar-refractivity contribution < 1.29 is 13.9 Å². The van der Waals surface area contributed by atoms with Crippen LogP contribution in [0.15, 0.2) is 22.7 Å². The monoisotopic (exact) mass is 404 g/mol. The zero-order valence-electron chi connectivity index (χ0n) is 11.2. The second-order valence-corrected chi connectivity index (χ2v) is 6.06. The van der Waals surface area contributed by atoms with E-state index >= 15 is 0 Å². The minimum atomic E-state index is -3.23. The molecular weight excluding hydrogens is 389 g/mol. The van der Waals surface area contributed by atoms with Crippen LogP contribution in [0.1, 0.15) is 11.6 Å². The highest BCUT2D eigenvalue weighted by atomic mass is 79.9. The molecule has 1 atom stereocenters. The minimum absolute atomic E-state index is 0. The quantitative estimate of drug-likeness (QED) is 0.807. The number of piperazine rings is 1. The van der Waals surface area contributed by atoms with E-state index in [2.05, 4.69) is 21.2 Å². The lowest BCUT2D eigenvalue weighted by molar-refractivity contribution is -0.118. The predicted molar refractivity (Wildman–Crippen MR) is 85.6 cm³/mol. The van der Waals surface area contributed by atoms with E-state index in [0.29, 0.717) is 41.2 Å². The van der Waals surface area contributed by atoms with E-state index in [1.807, 2.05) is 0 Å². The van der Waals surface area contributed by atoms with Crippen molar-refractivity contribution in [3.8, 4) is 0 Å². The van der Waals surface area contributed by atoms with Crippen molar-refractivity contribution in [1.82, 2.24) is 10.2 Å². The molecule has 0 amide bonds. The fraction of sp³-hybridized carbons (Fsp3) is 0.538. The van der Waals surface area contributed by atoms with Crippen LogP contribution in [0.4, 0.5) is 8.78 Å². The molecule has 0 unspecified atom stereocenters. The maximum atomic E-state index is 14.2. The largest absolute Gasteiger partial charge is 0.390 e. The minimum Gasteiger partial charge on any atom is -0.390 e. The van der Waals surface area contributed by atoms with Gasteiger partial charge in [0.25, 0.3) is 5.92 Å². The van der Waals surface area contributed by atoms with Crippen LogP contribution in [0.25, 0.3) is 0 Å². The van der Waals surface area contributed by atoms with E-state index in [9.17, 15) is 8.78 Å². The van der Waals surface area contributed by atoms with E-state index in [1.54, 1.807) is 17.0 Å². The van der Waals surface area contributed by atoms with E-state index < -0.39 is 18.6 Å². The van der Waals surface area contributed by atoms with Crippen LogP contribution in [0.5, 0.6) is 0 Å². The van der Waals surface area contributed by atoms with Gasteiger partial charge in [-0.2, -0.15) is 0 Å². The van der Waals surface area contributed by atoms with Crippen molar-refractivity contribution in [2.45, 2.75) is 12.0 Å². The van der Waals surface area contributed by atoms with E-state index in [1.165, 1.54) is 6.07 Å². The summed E-state index contributed by atoms with van der Waals surface area (Å²) < 4.78 is 29.0. The van der Waals surface area contributed by atoms with Crippen LogP contribution in [0.3, 0.4) is 0 Å². The van der Waals surface area contributed by atoms with Gasteiger partial charge in [-0.1, -0.05) is 27.5 Å². The molecule has 1 aliphatic heterocycles. The van der Waals surface area contributed by atoms with Crippen molar-refractivity contribution in [2.24, 2.45) is 0 Å². The Morgan fingerprint density at radius 2 is 2.00 bits per heavy atom. The second-order valence-electron chi connectivity index (χ2n) is 4.77. The summed E-state index contributed by atoms with van der Waals surface area (Å²) in [5.74, 6) is -3.23. The summed E-state index contributed by atoms with van der Waals surface area (Å²) in [5.41, 5.74) is 0.401. The van der Waals surface area contributed by atoms with Crippen molar-refractivity contribution in [2.75, 3.05) is 32.8 Å². The smallest absolute Gasteiger partial charge is 0.289 e. The number of hydrogen-bond acceptors (Lipinski definition) is 3. The van der Waals surface area contributed by atoms with Crippen LogP contribution in [0, 0.1) is 0 Å². The highest BCUT2D eigenvalue weighted by molar-refractivity contribution is 9.10. The number of alkyl halides is 2. The van der Waals surface area contributed by atoms with Gasteiger partial charge in [-0.3, -0.25) is 4.90 Å². The van der Waals surface area contributed by atoms with Crippen LogP contribution < -0.4 is 5.32 Å². The van der Waals surface area contributed by atoms with Crippen LogP contribution in [-0.2, 0) is 0 Å². The Bertz CT molecular complexity index is 473. The first-order valence-corrected chi connectivity index (χ1v) is 7.51. The molecule has 1 aliphatic rings. The fourth-order valence-electron chi connectivity index (χ4n) is 2.44.